The molecule has 4 atom stereocenters. The van der Waals surface area contributed by atoms with Gasteiger partial charge in [0.1, 0.15) is 6.04 Å². The predicted octanol–water partition coefficient (Wildman–Crippen LogP) is 1.40. The van der Waals surface area contributed by atoms with Crippen LogP contribution in [0.15, 0.2) is 0 Å². The van der Waals surface area contributed by atoms with E-state index in [0.717, 1.165) is 19.3 Å². The Balaban J connectivity index is 2.07. The molecule has 4 heteroatoms. The Morgan fingerprint density at radius 2 is 2.19 bits per heavy atom. The van der Waals surface area contributed by atoms with Crippen molar-refractivity contribution in [2.45, 2.75) is 64.3 Å². The number of rotatable bonds is 1. The molecule has 0 bridgehead atoms. The number of carbonyl (C=O) groups is 1. The van der Waals surface area contributed by atoms with Crippen molar-refractivity contribution >= 4 is 5.97 Å². The lowest BCUT2D eigenvalue weighted by Gasteiger charge is -2.47. The Morgan fingerprint density at radius 3 is 2.81 bits per heavy atom. The van der Waals surface area contributed by atoms with Gasteiger partial charge >= 0.3 is 5.97 Å². The van der Waals surface area contributed by atoms with Gasteiger partial charge in [0, 0.05) is 6.04 Å². The van der Waals surface area contributed by atoms with Crippen molar-refractivity contribution < 1.29 is 14.6 Å². The van der Waals surface area contributed by atoms with Crippen molar-refractivity contribution in [3.05, 3.63) is 0 Å². The summed E-state index contributed by atoms with van der Waals surface area (Å²) in [7, 11) is 0. The SMILES string of the molecule is CC1OC2CCC(C)(C)CC2NC1C(=O)O. The van der Waals surface area contributed by atoms with Crippen LogP contribution in [-0.2, 0) is 9.53 Å². The van der Waals surface area contributed by atoms with Gasteiger partial charge in [-0.1, -0.05) is 13.8 Å². The maximum Gasteiger partial charge on any atom is 0.323 e. The highest BCUT2D eigenvalue weighted by Gasteiger charge is 2.43. The number of aliphatic carboxylic acids is 1. The van der Waals surface area contributed by atoms with Crippen LogP contribution >= 0.6 is 0 Å². The molecular formula is C12H21NO3. The molecule has 92 valence electrons. The van der Waals surface area contributed by atoms with Gasteiger partial charge in [0.15, 0.2) is 0 Å². The average Bonchev–Trinajstić information content (AvgIpc) is 2.16. The van der Waals surface area contributed by atoms with E-state index >= 15 is 0 Å². The number of hydrogen-bond donors (Lipinski definition) is 2. The van der Waals surface area contributed by atoms with Crippen LogP contribution in [0.1, 0.15) is 40.0 Å². The minimum Gasteiger partial charge on any atom is -0.480 e. The zero-order valence-corrected chi connectivity index (χ0v) is 10.2. The van der Waals surface area contributed by atoms with E-state index in [2.05, 4.69) is 19.2 Å². The molecule has 1 aliphatic carbocycles. The molecule has 2 fully saturated rings. The molecule has 0 aromatic carbocycles. The fourth-order valence-corrected chi connectivity index (χ4v) is 2.88. The van der Waals surface area contributed by atoms with Gasteiger partial charge in [0.25, 0.3) is 0 Å². The van der Waals surface area contributed by atoms with E-state index in [1.54, 1.807) is 0 Å². The number of morpholine rings is 1. The van der Waals surface area contributed by atoms with Gasteiger partial charge in [0.2, 0.25) is 0 Å². The van der Waals surface area contributed by atoms with Crippen molar-refractivity contribution in [2.75, 3.05) is 0 Å². The molecule has 1 saturated heterocycles. The van der Waals surface area contributed by atoms with Gasteiger partial charge in [-0.05, 0) is 31.6 Å². The normalized spacial score (nSPS) is 42.4. The van der Waals surface area contributed by atoms with Crippen LogP contribution < -0.4 is 5.32 Å². The first-order chi connectivity index (χ1) is 7.39. The average molecular weight is 227 g/mol. The molecule has 0 aromatic heterocycles. The number of carboxylic acids is 1. The zero-order chi connectivity index (χ0) is 11.9. The summed E-state index contributed by atoms with van der Waals surface area (Å²) in [5, 5.41) is 12.3. The number of nitrogens with one attached hydrogen (secondary N) is 1. The van der Waals surface area contributed by atoms with Gasteiger partial charge < -0.3 is 9.84 Å². The molecule has 1 saturated carbocycles. The number of ether oxygens (including phenoxy) is 1. The van der Waals surface area contributed by atoms with E-state index in [1.807, 2.05) is 6.92 Å². The Morgan fingerprint density at radius 1 is 1.50 bits per heavy atom. The van der Waals surface area contributed by atoms with E-state index in [1.165, 1.54) is 0 Å². The molecule has 4 unspecified atom stereocenters. The highest BCUT2D eigenvalue weighted by molar-refractivity contribution is 5.74. The van der Waals surface area contributed by atoms with Crippen LogP contribution in [0, 0.1) is 5.41 Å². The quantitative estimate of drug-likeness (QED) is 0.711. The second-order valence-electron chi connectivity index (χ2n) is 5.88. The first-order valence-corrected chi connectivity index (χ1v) is 6.03. The molecule has 2 N–H and O–H groups in total. The molecule has 0 aromatic rings. The highest BCUT2D eigenvalue weighted by Crippen LogP contribution is 2.38. The van der Waals surface area contributed by atoms with E-state index in [9.17, 15) is 4.79 Å². The first-order valence-electron chi connectivity index (χ1n) is 6.03. The van der Waals surface area contributed by atoms with Crippen LogP contribution in [0.25, 0.3) is 0 Å². The summed E-state index contributed by atoms with van der Waals surface area (Å²) >= 11 is 0. The molecule has 0 radical (unpaired) electrons. The molecule has 2 rings (SSSR count). The van der Waals surface area contributed by atoms with Gasteiger partial charge in [-0.3, -0.25) is 10.1 Å². The summed E-state index contributed by atoms with van der Waals surface area (Å²) in [5.74, 6) is -0.811. The molecule has 4 nitrogen and oxygen atoms in total. The second kappa shape index (κ2) is 4.00. The molecule has 1 aliphatic heterocycles. The van der Waals surface area contributed by atoms with Gasteiger partial charge in [-0.2, -0.15) is 0 Å². The summed E-state index contributed by atoms with van der Waals surface area (Å²) < 4.78 is 5.81. The Hall–Kier alpha value is -0.610. The third-order valence-corrected chi connectivity index (χ3v) is 3.85. The van der Waals surface area contributed by atoms with E-state index in [0.29, 0.717) is 5.41 Å². The molecule has 16 heavy (non-hydrogen) atoms. The van der Waals surface area contributed by atoms with E-state index in [-0.39, 0.29) is 18.2 Å². The topological polar surface area (TPSA) is 58.6 Å². The summed E-state index contributed by atoms with van der Waals surface area (Å²) in [6, 6.07) is -0.365. The summed E-state index contributed by atoms with van der Waals surface area (Å²) in [4.78, 5) is 11.1. The van der Waals surface area contributed by atoms with Crippen molar-refractivity contribution in [2.24, 2.45) is 5.41 Å². The fourth-order valence-electron chi connectivity index (χ4n) is 2.88. The van der Waals surface area contributed by atoms with Crippen molar-refractivity contribution in [3.63, 3.8) is 0 Å². The van der Waals surface area contributed by atoms with E-state index < -0.39 is 12.0 Å². The van der Waals surface area contributed by atoms with Gasteiger partial charge in [-0.15, -0.1) is 0 Å². The lowest BCUT2D eigenvalue weighted by molar-refractivity contribution is -0.157. The first kappa shape index (κ1) is 11.9. The predicted molar refractivity (Wildman–Crippen MR) is 60.3 cm³/mol. The van der Waals surface area contributed by atoms with Gasteiger partial charge in [-0.25, -0.2) is 0 Å². The summed E-state index contributed by atoms with van der Waals surface area (Å²) in [5.41, 5.74) is 0.293. The van der Waals surface area contributed by atoms with E-state index in [4.69, 9.17) is 9.84 Å². The van der Waals surface area contributed by atoms with Crippen LogP contribution in [0.3, 0.4) is 0 Å². The Labute approximate surface area is 96.4 Å². The largest absolute Gasteiger partial charge is 0.480 e. The minimum absolute atomic E-state index is 0.193. The Bertz CT molecular complexity index is 290. The van der Waals surface area contributed by atoms with Crippen LogP contribution in [0.4, 0.5) is 0 Å². The maximum atomic E-state index is 11.1. The molecule has 2 aliphatic rings. The third kappa shape index (κ3) is 2.23. The lowest BCUT2D eigenvalue weighted by atomic mass is 9.73. The number of carboxylic acid groups (broad SMARTS) is 1. The summed E-state index contributed by atoms with van der Waals surface area (Å²) in [6.07, 6.45) is 3.13. The third-order valence-electron chi connectivity index (χ3n) is 3.85. The van der Waals surface area contributed by atoms with Crippen LogP contribution in [-0.4, -0.2) is 35.4 Å². The zero-order valence-electron chi connectivity index (χ0n) is 10.2. The fraction of sp³-hybridized carbons (Fsp3) is 0.917. The lowest BCUT2D eigenvalue weighted by Crippen LogP contribution is -2.62. The summed E-state index contributed by atoms with van der Waals surface area (Å²) in [6.45, 7) is 6.30. The smallest absolute Gasteiger partial charge is 0.323 e. The van der Waals surface area contributed by atoms with Crippen molar-refractivity contribution in [1.29, 1.82) is 0 Å². The molecule has 1 heterocycles. The van der Waals surface area contributed by atoms with Crippen LogP contribution in [0.2, 0.25) is 0 Å². The monoisotopic (exact) mass is 227 g/mol. The van der Waals surface area contributed by atoms with Crippen molar-refractivity contribution in [1.82, 2.24) is 5.32 Å². The van der Waals surface area contributed by atoms with Gasteiger partial charge in [0.05, 0.1) is 12.2 Å². The Kier molecular flexibility index (Phi) is 2.97. The number of fused-ring (bicyclic) bond motifs is 1. The second-order valence-corrected chi connectivity index (χ2v) is 5.88. The molecule has 0 amide bonds. The molecular weight excluding hydrogens is 206 g/mol. The van der Waals surface area contributed by atoms with Crippen molar-refractivity contribution in [3.8, 4) is 0 Å². The standard InChI is InChI=1S/C12H21NO3/c1-7-10(11(14)15)13-8-6-12(2,3)5-4-9(8)16-7/h7-10,13H,4-6H2,1-3H3,(H,14,15). The van der Waals surface area contributed by atoms with Crippen LogP contribution in [0.5, 0.6) is 0 Å². The molecule has 0 spiro atoms. The number of hydrogen-bond acceptors (Lipinski definition) is 3. The minimum atomic E-state index is -0.811. The highest BCUT2D eigenvalue weighted by atomic mass is 16.5. The maximum absolute atomic E-state index is 11.1.